The molecule has 0 fully saturated rings. The van der Waals surface area contributed by atoms with E-state index in [-0.39, 0.29) is 13.0 Å². The van der Waals surface area contributed by atoms with Crippen LogP contribution in [0.4, 0.5) is 4.39 Å². The zero-order chi connectivity index (χ0) is 11.7. The lowest BCUT2D eigenvalue weighted by Crippen LogP contribution is -2.33. The molecular formula is C10H10BFNO3. The summed E-state index contributed by atoms with van der Waals surface area (Å²) in [6.07, 6.45) is -0.0194. The average molecular weight is 222 g/mol. The Hall–Kier alpha value is -1.40. The van der Waals surface area contributed by atoms with E-state index in [4.69, 9.17) is 15.5 Å². The first-order valence-corrected chi connectivity index (χ1v) is 4.83. The molecule has 0 aromatic heterocycles. The summed E-state index contributed by atoms with van der Waals surface area (Å²) in [5.74, 6) is -1.55. The first kappa shape index (κ1) is 11.1. The maximum absolute atomic E-state index is 13.8. The highest BCUT2D eigenvalue weighted by atomic mass is 19.1. The predicted molar refractivity (Wildman–Crippen MR) is 55.9 cm³/mol. The molecule has 0 unspecified atom stereocenters. The van der Waals surface area contributed by atoms with Crippen LogP contribution in [-0.4, -0.2) is 24.6 Å². The molecule has 1 atom stereocenters. The van der Waals surface area contributed by atoms with Crippen LogP contribution in [0.15, 0.2) is 12.1 Å². The Labute approximate surface area is 92.5 Å². The zero-order valence-electron chi connectivity index (χ0n) is 8.44. The molecule has 16 heavy (non-hydrogen) atoms. The molecule has 1 radical (unpaired) electrons. The molecule has 2 rings (SSSR count). The normalized spacial score (nSPS) is 15.4. The molecule has 0 aliphatic carbocycles. The Bertz CT molecular complexity index is 438. The Kier molecular flexibility index (Phi) is 2.94. The third-order valence-electron chi connectivity index (χ3n) is 2.55. The van der Waals surface area contributed by atoms with Gasteiger partial charge in [0, 0.05) is 12.0 Å². The fraction of sp³-hybridized carbons (Fsp3) is 0.300. The lowest BCUT2D eigenvalue weighted by atomic mass is 9.85. The summed E-state index contributed by atoms with van der Waals surface area (Å²) in [6.45, 7) is 0.192. The minimum Gasteiger partial charge on any atom is -0.480 e. The van der Waals surface area contributed by atoms with E-state index in [2.05, 4.69) is 0 Å². The van der Waals surface area contributed by atoms with Gasteiger partial charge in [0.25, 0.3) is 0 Å². The minimum absolute atomic E-state index is 0.0194. The number of nitrogens with two attached hydrogens (primary N) is 1. The van der Waals surface area contributed by atoms with E-state index in [1.165, 1.54) is 7.48 Å². The second kappa shape index (κ2) is 4.23. The smallest absolute Gasteiger partial charge is 0.330 e. The van der Waals surface area contributed by atoms with Crippen LogP contribution in [-0.2, 0) is 22.5 Å². The molecule has 1 aromatic carbocycles. The van der Waals surface area contributed by atoms with Crippen LogP contribution < -0.4 is 11.2 Å². The highest BCUT2D eigenvalue weighted by Crippen LogP contribution is 2.16. The van der Waals surface area contributed by atoms with E-state index in [0.29, 0.717) is 16.6 Å². The van der Waals surface area contributed by atoms with Gasteiger partial charge in [0.15, 0.2) is 0 Å². The summed E-state index contributed by atoms with van der Waals surface area (Å²) in [5, 5.41) is 8.65. The van der Waals surface area contributed by atoms with Crippen LogP contribution in [0.1, 0.15) is 11.1 Å². The number of carboxylic acid groups (broad SMARTS) is 1. The SMILES string of the molecule is N[C@@H](Cc1ccc2c(c1F)CO[B]2)C(=O)O. The number of fused-ring (bicyclic) bond motifs is 1. The molecule has 0 spiro atoms. The van der Waals surface area contributed by atoms with Gasteiger partial charge in [0.2, 0.25) is 0 Å². The van der Waals surface area contributed by atoms with Crippen LogP contribution in [0.2, 0.25) is 0 Å². The fourth-order valence-corrected chi connectivity index (χ4v) is 1.64. The number of hydrogen-bond acceptors (Lipinski definition) is 3. The van der Waals surface area contributed by atoms with E-state index < -0.39 is 17.8 Å². The summed E-state index contributed by atoms with van der Waals surface area (Å²) < 4.78 is 18.8. The molecule has 0 amide bonds. The second-order valence-corrected chi connectivity index (χ2v) is 3.68. The lowest BCUT2D eigenvalue weighted by molar-refractivity contribution is -0.138. The third kappa shape index (κ3) is 1.94. The molecular weight excluding hydrogens is 212 g/mol. The molecule has 1 heterocycles. The van der Waals surface area contributed by atoms with Crippen molar-refractivity contribution in [2.45, 2.75) is 19.1 Å². The predicted octanol–water partition coefficient (Wildman–Crippen LogP) is -0.445. The molecule has 1 aliphatic heterocycles. The highest BCUT2D eigenvalue weighted by molar-refractivity contribution is 6.48. The molecule has 4 nitrogen and oxygen atoms in total. The van der Waals surface area contributed by atoms with Gasteiger partial charge in [0.1, 0.15) is 11.9 Å². The maximum Gasteiger partial charge on any atom is 0.330 e. The Balaban J connectivity index is 2.26. The second-order valence-electron chi connectivity index (χ2n) is 3.68. The zero-order valence-corrected chi connectivity index (χ0v) is 8.44. The summed E-state index contributed by atoms with van der Waals surface area (Å²) in [7, 11) is 1.49. The highest BCUT2D eigenvalue weighted by Gasteiger charge is 2.22. The van der Waals surface area contributed by atoms with Crippen molar-refractivity contribution in [3.05, 3.63) is 29.1 Å². The van der Waals surface area contributed by atoms with E-state index >= 15 is 0 Å². The first-order chi connectivity index (χ1) is 7.59. The summed E-state index contributed by atoms with van der Waals surface area (Å²) in [4.78, 5) is 10.6. The van der Waals surface area contributed by atoms with Gasteiger partial charge in [-0.15, -0.1) is 0 Å². The number of aliphatic carboxylic acids is 1. The number of carboxylic acids is 1. The van der Waals surface area contributed by atoms with Crippen LogP contribution in [0.3, 0.4) is 0 Å². The van der Waals surface area contributed by atoms with E-state index in [0.717, 1.165) is 0 Å². The molecule has 6 heteroatoms. The Morgan fingerprint density at radius 2 is 2.44 bits per heavy atom. The van der Waals surface area contributed by atoms with Crippen molar-refractivity contribution in [3.63, 3.8) is 0 Å². The number of halogens is 1. The Morgan fingerprint density at radius 3 is 3.12 bits per heavy atom. The Morgan fingerprint density at radius 1 is 1.69 bits per heavy atom. The van der Waals surface area contributed by atoms with Crippen molar-refractivity contribution in [1.82, 2.24) is 0 Å². The van der Waals surface area contributed by atoms with Crippen molar-refractivity contribution in [1.29, 1.82) is 0 Å². The van der Waals surface area contributed by atoms with Crippen molar-refractivity contribution in [2.24, 2.45) is 5.73 Å². The summed E-state index contributed by atoms with van der Waals surface area (Å²) >= 11 is 0. The average Bonchev–Trinajstić information content (AvgIpc) is 2.70. The van der Waals surface area contributed by atoms with Crippen LogP contribution >= 0.6 is 0 Å². The first-order valence-electron chi connectivity index (χ1n) is 4.83. The maximum atomic E-state index is 13.8. The van der Waals surface area contributed by atoms with Crippen molar-refractivity contribution in [3.8, 4) is 0 Å². The quantitative estimate of drug-likeness (QED) is 0.679. The number of rotatable bonds is 3. The summed E-state index contributed by atoms with van der Waals surface area (Å²) in [6, 6.07) is 2.16. The lowest BCUT2D eigenvalue weighted by Gasteiger charge is -2.09. The van der Waals surface area contributed by atoms with Gasteiger partial charge in [-0.3, -0.25) is 4.79 Å². The van der Waals surface area contributed by atoms with E-state index in [9.17, 15) is 9.18 Å². The summed E-state index contributed by atoms with van der Waals surface area (Å²) in [5.41, 5.74) is 6.84. The van der Waals surface area contributed by atoms with Gasteiger partial charge in [-0.1, -0.05) is 12.1 Å². The largest absolute Gasteiger partial charge is 0.480 e. The van der Waals surface area contributed by atoms with E-state index in [1.54, 1.807) is 12.1 Å². The topological polar surface area (TPSA) is 72.5 Å². The number of carbonyl (C=O) groups is 1. The molecule has 0 bridgehead atoms. The molecule has 1 aliphatic rings. The van der Waals surface area contributed by atoms with Gasteiger partial charge in [-0.25, -0.2) is 4.39 Å². The molecule has 83 valence electrons. The van der Waals surface area contributed by atoms with Gasteiger partial charge in [0.05, 0.1) is 6.61 Å². The monoisotopic (exact) mass is 222 g/mol. The van der Waals surface area contributed by atoms with E-state index in [1.807, 2.05) is 0 Å². The number of benzene rings is 1. The van der Waals surface area contributed by atoms with Crippen molar-refractivity contribution in [2.75, 3.05) is 0 Å². The number of hydrogen-bond donors (Lipinski definition) is 2. The minimum atomic E-state index is -1.14. The van der Waals surface area contributed by atoms with Gasteiger partial charge >= 0.3 is 13.5 Å². The van der Waals surface area contributed by atoms with Crippen LogP contribution in [0.25, 0.3) is 0 Å². The van der Waals surface area contributed by atoms with Gasteiger partial charge < -0.3 is 15.5 Å². The molecule has 1 aromatic rings. The molecule has 0 saturated heterocycles. The van der Waals surface area contributed by atoms with Gasteiger partial charge in [-0.2, -0.15) is 0 Å². The van der Waals surface area contributed by atoms with Gasteiger partial charge in [-0.05, 0) is 11.0 Å². The van der Waals surface area contributed by atoms with Crippen LogP contribution in [0.5, 0.6) is 0 Å². The van der Waals surface area contributed by atoms with Crippen molar-refractivity contribution < 1.29 is 18.9 Å². The fourth-order valence-electron chi connectivity index (χ4n) is 1.64. The van der Waals surface area contributed by atoms with Crippen LogP contribution in [0, 0.1) is 5.82 Å². The molecule has 0 saturated carbocycles. The molecule has 3 N–H and O–H groups in total. The third-order valence-corrected chi connectivity index (χ3v) is 2.55. The van der Waals surface area contributed by atoms with Crippen molar-refractivity contribution >= 4 is 18.9 Å². The standard InChI is InChI=1S/C10H10BFNO3/c12-9-5(3-8(13)10(14)15)1-2-7-6(9)4-16-11-7/h1-2,8H,3-4,13H2,(H,14,15)/t8-/m0/s1.